The van der Waals surface area contributed by atoms with Crippen LogP contribution < -0.4 is 11.1 Å². The molecular formula is C13H9F3N2O2. The fourth-order valence-electron chi connectivity index (χ4n) is 1.59. The standard InChI is InChI=1S/C13H9F3N2O2/c14-7-4-8(15)12(16)11(5-7)18-10-3-6(13(19)20)1-2-9(10)17/h1-5,18H,17H2,(H,19,20). The molecule has 0 aromatic heterocycles. The lowest BCUT2D eigenvalue weighted by atomic mass is 10.1. The van der Waals surface area contributed by atoms with Crippen LogP contribution in [0.4, 0.5) is 30.2 Å². The summed E-state index contributed by atoms with van der Waals surface area (Å²) in [6, 6.07) is 4.83. The fraction of sp³-hybridized carbons (Fsp3) is 0. The maximum Gasteiger partial charge on any atom is 0.335 e. The molecule has 2 aromatic rings. The number of aromatic carboxylic acids is 1. The molecule has 104 valence electrons. The van der Waals surface area contributed by atoms with E-state index in [1.165, 1.54) is 12.1 Å². The molecule has 0 unspecified atom stereocenters. The third kappa shape index (κ3) is 2.66. The van der Waals surface area contributed by atoms with Crippen molar-refractivity contribution in [2.75, 3.05) is 11.1 Å². The van der Waals surface area contributed by atoms with Crippen molar-refractivity contribution in [1.82, 2.24) is 0 Å². The molecular weight excluding hydrogens is 273 g/mol. The first-order valence-electron chi connectivity index (χ1n) is 5.43. The van der Waals surface area contributed by atoms with E-state index >= 15 is 0 Å². The van der Waals surface area contributed by atoms with Gasteiger partial charge in [0.2, 0.25) is 0 Å². The van der Waals surface area contributed by atoms with Gasteiger partial charge < -0.3 is 16.2 Å². The summed E-state index contributed by atoms with van der Waals surface area (Å²) in [4.78, 5) is 10.8. The molecule has 0 aliphatic carbocycles. The Morgan fingerprint density at radius 3 is 2.45 bits per heavy atom. The monoisotopic (exact) mass is 282 g/mol. The van der Waals surface area contributed by atoms with Gasteiger partial charge in [0.25, 0.3) is 0 Å². The number of nitrogens with two attached hydrogens (primary N) is 1. The van der Waals surface area contributed by atoms with Crippen LogP contribution in [0.3, 0.4) is 0 Å². The summed E-state index contributed by atoms with van der Waals surface area (Å²) in [5.74, 6) is -4.83. The van der Waals surface area contributed by atoms with Gasteiger partial charge in [-0.15, -0.1) is 0 Å². The van der Waals surface area contributed by atoms with Crippen molar-refractivity contribution < 1.29 is 23.1 Å². The summed E-state index contributed by atoms with van der Waals surface area (Å²) in [7, 11) is 0. The van der Waals surface area contributed by atoms with Crippen LogP contribution in [0.5, 0.6) is 0 Å². The molecule has 2 rings (SSSR count). The highest BCUT2D eigenvalue weighted by atomic mass is 19.2. The SMILES string of the molecule is Nc1ccc(C(=O)O)cc1Nc1cc(F)cc(F)c1F. The molecule has 0 spiro atoms. The molecule has 4 N–H and O–H groups in total. The zero-order chi connectivity index (χ0) is 14.9. The third-order valence-corrected chi connectivity index (χ3v) is 2.56. The highest BCUT2D eigenvalue weighted by Crippen LogP contribution is 2.27. The number of nitrogen functional groups attached to an aromatic ring is 1. The molecule has 0 aliphatic rings. The van der Waals surface area contributed by atoms with Crippen molar-refractivity contribution in [1.29, 1.82) is 0 Å². The highest BCUT2D eigenvalue weighted by molar-refractivity contribution is 5.91. The number of carbonyl (C=O) groups is 1. The van der Waals surface area contributed by atoms with Crippen LogP contribution in [0, 0.1) is 17.5 Å². The van der Waals surface area contributed by atoms with E-state index < -0.39 is 29.1 Å². The molecule has 0 fully saturated rings. The average Bonchev–Trinajstić information content (AvgIpc) is 2.37. The topological polar surface area (TPSA) is 75.4 Å². The highest BCUT2D eigenvalue weighted by Gasteiger charge is 2.13. The van der Waals surface area contributed by atoms with E-state index in [0.717, 1.165) is 12.1 Å². The van der Waals surface area contributed by atoms with Gasteiger partial charge in [0, 0.05) is 12.1 Å². The molecule has 0 atom stereocenters. The molecule has 0 bridgehead atoms. The molecule has 0 radical (unpaired) electrons. The molecule has 2 aromatic carbocycles. The van der Waals surface area contributed by atoms with Crippen molar-refractivity contribution in [3.63, 3.8) is 0 Å². The second kappa shape index (κ2) is 5.12. The maximum atomic E-state index is 13.5. The van der Waals surface area contributed by atoms with E-state index in [1.807, 2.05) is 0 Å². The Kier molecular flexibility index (Phi) is 3.51. The first kappa shape index (κ1) is 13.7. The quantitative estimate of drug-likeness (QED) is 0.597. The van der Waals surface area contributed by atoms with Crippen LogP contribution >= 0.6 is 0 Å². The van der Waals surface area contributed by atoms with E-state index in [-0.39, 0.29) is 16.9 Å². The summed E-state index contributed by atoms with van der Waals surface area (Å²) >= 11 is 0. The lowest BCUT2D eigenvalue weighted by molar-refractivity contribution is 0.0697. The second-order valence-corrected chi connectivity index (χ2v) is 3.98. The van der Waals surface area contributed by atoms with E-state index in [4.69, 9.17) is 10.8 Å². The molecule has 0 amide bonds. The van der Waals surface area contributed by atoms with Crippen molar-refractivity contribution in [3.8, 4) is 0 Å². The lowest BCUT2D eigenvalue weighted by Gasteiger charge is -2.11. The molecule has 0 saturated carbocycles. The van der Waals surface area contributed by atoms with Crippen LogP contribution in [0.2, 0.25) is 0 Å². The van der Waals surface area contributed by atoms with E-state index in [2.05, 4.69) is 5.32 Å². The Morgan fingerprint density at radius 2 is 1.80 bits per heavy atom. The number of hydrogen-bond acceptors (Lipinski definition) is 3. The van der Waals surface area contributed by atoms with Crippen molar-refractivity contribution >= 4 is 23.0 Å². The Morgan fingerprint density at radius 1 is 1.10 bits per heavy atom. The zero-order valence-electron chi connectivity index (χ0n) is 9.95. The molecule has 20 heavy (non-hydrogen) atoms. The van der Waals surface area contributed by atoms with E-state index in [9.17, 15) is 18.0 Å². The van der Waals surface area contributed by atoms with Crippen molar-refractivity contribution in [3.05, 3.63) is 53.3 Å². The summed E-state index contributed by atoms with van der Waals surface area (Å²) < 4.78 is 39.6. The van der Waals surface area contributed by atoms with Gasteiger partial charge in [-0.25, -0.2) is 18.0 Å². The second-order valence-electron chi connectivity index (χ2n) is 3.98. The Balaban J connectivity index is 2.44. The van der Waals surface area contributed by atoms with Gasteiger partial charge in [-0.05, 0) is 18.2 Å². The Hall–Kier alpha value is -2.70. The fourth-order valence-corrected chi connectivity index (χ4v) is 1.59. The van der Waals surface area contributed by atoms with Gasteiger partial charge >= 0.3 is 5.97 Å². The first-order chi connectivity index (χ1) is 9.38. The Labute approximate surface area is 111 Å². The van der Waals surface area contributed by atoms with Crippen LogP contribution in [-0.4, -0.2) is 11.1 Å². The molecule has 7 heteroatoms. The smallest absolute Gasteiger partial charge is 0.335 e. The van der Waals surface area contributed by atoms with Gasteiger partial charge in [0.05, 0.1) is 22.6 Å². The number of anilines is 3. The van der Waals surface area contributed by atoms with Gasteiger partial charge in [0.1, 0.15) is 5.82 Å². The summed E-state index contributed by atoms with van der Waals surface area (Å²) in [6.07, 6.45) is 0. The third-order valence-electron chi connectivity index (χ3n) is 2.56. The number of hydrogen-bond donors (Lipinski definition) is 3. The van der Waals surface area contributed by atoms with Crippen LogP contribution in [0.1, 0.15) is 10.4 Å². The molecule has 0 saturated heterocycles. The normalized spacial score (nSPS) is 10.3. The average molecular weight is 282 g/mol. The zero-order valence-corrected chi connectivity index (χ0v) is 9.95. The predicted molar refractivity (Wildman–Crippen MR) is 67.4 cm³/mol. The minimum Gasteiger partial charge on any atom is -0.478 e. The van der Waals surface area contributed by atoms with Gasteiger partial charge in [-0.2, -0.15) is 0 Å². The number of benzene rings is 2. The van der Waals surface area contributed by atoms with E-state index in [1.54, 1.807) is 0 Å². The predicted octanol–water partition coefficient (Wildman–Crippen LogP) is 3.13. The maximum absolute atomic E-state index is 13.5. The first-order valence-corrected chi connectivity index (χ1v) is 5.43. The molecule has 0 heterocycles. The van der Waals surface area contributed by atoms with Crippen molar-refractivity contribution in [2.45, 2.75) is 0 Å². The van der Waals surface area contributed by atoms with E-state index in [0.29, 0.717) is 6.07 Å². The van der Waals surface area contributed by atoms with Crippen molar-refractivity contribution in [2.24, 2.45) is 0 Å². The minimum atomic E-state index is -1.36. The van der Waals surface area contributed by atoms with Gasteiger partial charge in [0.15, 0.2) is 11.6 Å². The summed E-state index contributed by atoms with van der Waals surface area (Å²) in [6.45, 7) is 0. The van der Waals surface area contributed by atoms with Gasteiger partial charge in [-0.1, -0.05) is 0 Å². The number of nitrogens with one attached hydrogen (secondary N) is 1. The lowest BCUT2D eigenvalue weighted by Crippen LogP contribution is -2.03. The van der Waals surface area contributed by atoms with Crippen LogP contribution in [-0.2, 0) is 0 Å². The number of carboxylic acids is 1. The summed E-state index contributed by atoms with van der Waals surface area (Å²) in [5, 5.41) is 11.2. The van der Waals surface area contributed by atoms with Crippen LogP contribution in [0.25, 0.3) is 0 Å². The number of rotatable bonds is 3. The minimum absolute atomic E-state index is 0.0359. The molecule has 4 nitrogen and oxygen atoms in total. The molecule has 0 aliphatic heterocycles. The van der Waals surface area contributed by atoms with Gasteiger partial charge in [-0.3, -0.25) is 0 Å². The number of carboxylic acid groups (broad SMARTS) is 1. The summed E-state index contributed by atoms with van der Waals surface area (Å²) in [5.41, 5.74) is 5.17. The van der Waals surface area contributed by atoms with Crippen LogP contribution in [0.15, 0.2) is 30.3 Å². The number of halogens is 3. The Bertz CT molecular complexity index is 690. The largest absolute Gasteiger partial charge is 0.478 e.